The first kappa shape index (κ1) is 14.1. The van der Waals surface area contributed by atoms with Crippen LogP contribution < -0.4 is 5.76 Å². The average Bonchev–Trinajstić information content (AvgIpc) is 3.08. The van der Waals surface area contributed by atoms with E-state index in [1.54, 1.807) is 0 Å². The van der Waals surface area contributed by atoms with E-state index >= 15 is 0 Å². The molecule has 0 aliphatic carbocycles. The summed E-state index contributed by atoms with van der Waals surface area (Å²) in [4.78, 5) is 21.8. The molecule has 0 aliphatic rings. The molecule has 2 heterocycles. The fourth-order valence-electron chi connectivity index (χ4n) is 1.70. The van der Waals surface area contributed by atoms with Crippen LogP contribution in [-0.4, -0.2) is 25.0 Å². The summed E-state index contributed by atoms with van der Waals surface area (Å²) in [5.74, 6) is -2.52. The van der Waals surface area contributed by atoms with Crippen molar-refractivity contribution in [1.82, 2.24) is 20.0 Å². The summed E-state index contributed by atoms with van der Waals surface area (Å²) in [5, 5.41) is 20.7. The number of halogens is 2. The molecule has 2 aromatic heterocycles. The molecule has 1 aromatic carbocycles. The van der Waals surface area contributed by atoms with Crippen molar-refractivity contribution in [3.63, 3.8) is 0 Å². The summed E-state index contributed by atoms with van der Waals surface area (Å²) in [6.45, 7) is 0. The quantitative estimate of drug-likeness (QED) is 0.501. The Morgan fingerprint density at radius 1 is 1.32 bits per heavy atom. The molecule has 0 radical (unpaired) electrons. The Morgan fingerprint density at radius 2 is 2.09 bits per heavy atom. The van der Waals surface area contributed by atoms with Crippen LogP contribution in [0.4, 0.5) is 10.2 Å². The first-order valence-electron chi connectivity index (χ1n) is 5.50. The zero-order valence-electron chi connectivity index (χ0n) is 10.3. The second-order valence-corrected chi connectivity index (χ2v) is 4.75. The number of hydrogen-bond acceptors (Lipinski definition) is 8. The monoisotopic (exact) mass is 371 g/mol. The summed E-state index contributed by atoms with van der Waals surface area (Å²) in [6.07, 6.45) is 0. The van der Waals surface area contributed by atoms with E-state index in [9.17, 15) is 19.3 Å². The predicted octanol–water partition coefficient (Wildman–Crippen LogP) is 1.69. The molecule has 3 aromatic rings. The van der Waals surface area contributed by atoms with Crippen LogP contribution in [0, 0.1) is 15.9 Å². The molecule has 0 atom stereocenters. The Labute approximate surface area is 127 Å². The highest BCUT2D eigenvalue weighted by molar-refractivity contribution is 9.10. The molecule has 0 aliphatic heterocycles. The smallest absolute Gasteiger partial charge is 0.358 e. The molecule has 0 fully saturated rings. The van der Waals surface area contributed by atoms with Crippen molar-refractivity contribution in [2.75, 3.05) is 0 Å². The van der Waals surface area contributed by atoms with E-state index < -0.39 is 28.0 Å². The first-order chi connectivity index (χ1) is 10.5. The van der Waals surface area contributed by atoms with Gasteiger partial charge in [0.25, 0.3) is 5.69 Å². The molecule has 0 bridgehead atoms. The summed E-state index contributed by atoms with van der Waals surface area (Å²) < 4.78 is 23.0. The summed E-state index contributed by atoms with van der Waals surface area (Å²) in [5.41, 5.74) is -0.233. The van der Waals surface area contributed by atoms with Gasteiger partial charge in [0.1, 0.15) is 5.82 Å². The third-order valence-electron chi connectivity index (χ3n) is 2.62. The lowest BCUT2D eigenvalue weighted by Gasteiger charge is -2.03. The Kier molecular flexibility index (Phi) is 3.29. The minimum absolute atomic E-state index is 0.0804. The SMILES string of the molecule is O=c1onc(-c2nonc2[N+](=O)[O-])n1-c1ccc(F)c(Br)c1. The van der Waals surface area contributed by atoms with Crippen molar-refractivity contribution in [2.24, 2.45) is 0 Å². The number of hydrogen-bond donors (Lipinski definition) is 0. The minimum Gasteiger partial charge on any atom is -0.358 e. The summed E-state index contributed by atoms with van der Waals surface area (Å²) >= 11 is 2.97. The lowest BCUT2D eigenvalue weighted by Crippen LogP contribution is -2.13. The van der Waals surface area contributed by atoms with Gasteiger partial charge in [-0.25, -0.2) is 13.8 Å². The van der Waals surface area contributed by atoms with Gasteiger partial charge in [0, 0.05) is 0 Å². The highest BCUT2D eigenvalue weighted by Crippen LogP contribution is 2.26. The Balaban J connectivity index is 2.24. The van der Waals surface area contributed by atoms with Gasteiger partial charge >= 0.3 is 11.6 Å². The molecule has 3 rings (SSSR count). The normalized spacial score (nSPS) is 10.8. The van der Waals surface area contributed by atoms with Crippen LogP contribution >= 0.6 is 15.9 Å². The van der Waals surface area contributed by atoms with Crippen LogP contribution in [0.25, 0.3) is 17.2 Å². The molecule has 0 saturated heterocycles. The molecule has 112 valence electrons. The Morgan fingerprint density at radius 3 is 2.77 bits per heavy atom. The van der Waals surface area contributed by atoms with Gasteiger partial charge in [-0.1, -0.05) is 5.16 Å². The molecular weight excluding hydrogens is 369 g/mol. The highest BCUT2D eigenvalue weighted by atomic mass is 79.9. The van der Waals surface area contributed by atoms with Gasteiger partial charge in [-0.15, -0.1) is 4.63 Å². The molecule has 12 heteroatoms. The van der Waals surface area contributed by atoms with Gasteiger partial charge in [0.2, 0.25) is 5.82 Å². The number of aromatic nitrogens is 4. The maximum absolute atomic E-state index is 13.3. The van der Waals surface area contributed by atoms with Gasteiger partial charge in [-0.05, 0) is 44.2 Å². The lowest BCUT2D eigenvalue weighted by molar-refractivity contribution is -0.390. The van der Waals surface area contributed by atoms with E-state index in [-0.39, 0.29) is 16.0 Å². The van der Waals surface area contributed by atoms with Crippen molar-refractivity contribution in [3.05, 3.63) is 49.2 Å². The second kappa shape index (κ2) is 5.14. The van der Waals surface area contributed by atoms with Crippen molar-refractivity contribution in [1.29, 1.82) is 0 Å². The van der Waals surface area contributed by atoms with Gasteiger partial charge in [-0.2, -0.15) is 0 Å². The standard InChI is InChI=1S/C10H3BrFN5O5/c11-5-3-4(1-2-6(5)12)16-8(14-21-10(16)18)7-9(17(19)20)15-22-13-7/h1-3H. The molecule has 0 saturated carbocycles. The van der Waals surface area contributed by atoms with E-state index in [0.29, 0.717) is 0 Å². The maximum atomic E-state index is 13.3. The van der Waals surface area contributed by atoms with Crippen molar-refractivity contribution >= 4 is 21.7 Å². The molecule has 22 heavy (non-hydrogen) atoms. The van der Waals surface area contributed by atoms with E-state index in [4.69, 9.17) is 0 Å². The number of benzene rings is 1. The Hall–Kier alpha value is -2.89. The number of rotatable bonds is 3. The zero-order valence-corrected chi connectivity index (χ0v) is 11.9. The van der Waals surface area contributed by atoms with Crippen LogP contribution in [0.2, 0.25) is 0 Å². The van der Waals surface area contributed by atoms with Crippen molar-refractivity contribution < 1.29 is 18.5 Å². The van der Waals surface area contributed by atoms with Gasteiger partial charge in [0.05, 0.1) is 10.2 Å². The number of nitro groups is 1. The van der Waals surface area contributed by atoms with Gasteiger partial charge in [0.15, 0.2) is 5.16 Å². The number of nitrogens with zero attached hydrogens (tertiary/aromatic N) is 5. The van der Waals surface area contributed by atoms with Crippen LogP contribution in [0.5, 0.6) is 0 Å². The molecular formula is C10H3BrFN5O5. The van der Waals surface area contributed by atoms with Crippen molar-refractivity contribution in [3.8, 4) is 17.2 Å². The zero-order chi connectivity index (χ0) is 15.9. The topological polar surface area (TPSA) is 130 Å². The van der Waals surface area contributed by atoms with Crippen LogP contribution in [0.3, 0.4) is 0 Å². The van der Waals surface area contributed by atoms with Crippen LogP contribution in [0.15, 0.2) is 36.6 Å². The van der Waals surface area contributed by atoms with E-state index in [1.807, 2.05) is 0 Å². The Bertz CT molecular complexity index is 932. The van der Waals surface area contributed by atoms with E-state index in [0.717, 1.165) is 10.6 Å². The fraction of sp³-hybridized carbons (Fsp3) is 0. The van der Waals surface area contributed by atoms with Gasteiger partial charge in [-0.3, -0.25) is 4.52 Å². The average molecular weight is 372 g/mol. The second-order valence-electron chi connectivity index (χ2n) is 3.90. The van der Waals surface area contributed by atoms with Crippen molar-refractivity contribution in [2.45, 2.75) is 0 Å². The summed E-state index contributed by atoms with van der Waals surface area (Å²) in [6, 6.07) is 3.64. The third-order valence-corrected chi connectivity index (χ3v) is 3.23. The lowest BCUT2D eigenvalue weighted by atomic mass is 10.3. The van der Waals surface area contributed by atoms with Crippen LogP contribution in [0.1, 0.15) is 0 Å². The highest BCUT2D eigenvalue weighted by Gasteiger charge is 2.30. The van der Waals surface area contributed by atoms with Gasteiger partial charge < -0.3 is 10.1 Å². The predicted molar refractivity (Wildman–Crippen MR) is 69.7 cm³/mol. The molecule has 0 amide bonds. The fourth-order valence-corrected chi connectivity index (χ4v) is 2.06. The van der Waals surface area contributed by atoms with E-state index in [1.165, 1.54) is 12.1 Å². The summed E-state index contributed by atoms with van der Waals surface area (Å²) in [7, 11) is 0. The molecule has 0 N–H and O–H groups in total. The molecule has 0 unspecified atom stereocenters. The largest absolute Gasteiger partial charge is 0.446 e. The molecule has 10 nitrogen and oxygen atoms in total. The van der Waals surface area contributed by atoms with Crippen LogP contribution in [-0.2, 0) is 0 Å². The minimum atomic E-state index is -0.939. The molecule has 0 spiro atoms. The first-order valence-corrected chi connectivity index (χ1v) is 6.30. The maximum Gasteiger partial charge on any atom is 0.446 e. The van der Waals surface area contributed by atoms with E-state index in [2.05, 4.69) is 40.6 Å². The third kappa shape index (κ3) is 2.18.